The fraction of sp³-hybridized carbons (Fsp3) is 0.250. The molecule has 0 aliphatic heterocycles. The van der Waals surface area contributed by atoms with Gasteiger partial charge in [0, 0.05) is 11.9 Å². The molecule has 0 bridgehead atoms. The van der Waals surface area contributed by atoms with Crippen molar-refractivity contribution in [3.8, 4) is 11.5 Å². The van der Waals surface area contributed by atoms with Gasteiger partial charge in [-0.1, -0.05) is 19.1 Å². The predicted molar refractivity (Wildman–Crippen MR) is 74.5 cm³/mol. The van der Waals surface area contributed by atoms with E-state index in [1.54, 1.807) is 6.20 Å². The minimum Gasteiger partial charge on any atom is -0.341 e. The fourth-order valence-corrected chi connectivity index (χ4v) is 2.22. The van der Waals surface area contributed by atoms with E-state index in [0.717, 1.165) is 33.7 Å². The van der Waals surface area contributed by atoms with Crippen LogP contribution in [0.3, 0.4) is 0 Å². The first kappa shape index (κ1) is 12.4. The van der Waals surface area contributed by atoms with Crippen LogP contribution in [0, 0.1) is 11.6 Å². The molecule has 17 heavy (non-hydrogen) atoms. The lowest BCUT2D eigenvalue weighted by Gasteiger charge is -2.06. The molecule has 2 aromatic heterocycles. The van der Waals surface area contributed by atoms with Gasteiger partial charge in [0.2, 0.25) is 0 Å². The van der Waals surface area contributed by atoms with Crippen molar-refractivity contribution >= 4 is 28.1 Å². The lowest BCUT2D eigenvalue weighted by Crippen LogP contribution is -1.98. The lowest BCUT2D eigenvalue weighted by atomic mass is 10.2. The minimum atomic E-state index is 0.568. The average Bonchev–Trinajstić information content (AvgIpc) is 2.32. The summed E-state index contributed by atoms with van der Waals surface area (Å²) in [7, 11) is 0. The molecule has 0 atom stereocenters. The highest BCUT2D eigenvalue weighted by molar-refractivity contribution is 9.10. The molecule has 0 radical (unpaired) electrons. The van der Waals surface area contributed by atoms with Crippen molar-refractivity contribution in [2.75, 3.05) is 0 Å². The first-order chi connectivity index (χ1) is 8.11. The van der Waals surface area contributed by atoms with Crippen molar-refractivity contribution in [3.63, 3.8) is 0 Å². The number of halogens is 1. The number of rotatable bonds is 2. The van der Waals surface area contributed by atoms with Gasteiger partial charge >= 0.3 is 0 Å². The SMILES string of the molecule is CCc1[nH]c(-c2cc(C)ccn2)nc(=S)c1Br. The van der Waals surface area contributed by atoms with Crippen molar-refractivity contribution in [2.45, 2.75) is 20.3 Å². The molecule has 0 saturated heterocycles. The molecule has 5 heteroatoms. The highest BCUT2D eigenvalue weighted by Gasteiger charge is 2.07. The molecule has 0 aromatic carbocycles. The maximum absolute atomic E-state index is 5.22. The molecule has 0 spiro atoms. The highest BCUT2D eigenvalue weighted by Crippen LogP contribution is 2.20. The second-order valence-corrected chi connectivity index (χ2v) is 4.93. The van der Waals surface area contributed by atoms with Gasteiger partial charge in [0.15, 0.2) is 5.82 Å². The average molecular weight is 310 g/mol. The number of aromatic nitrogens is 3. The molecule has 0 aliphatic carbocycles. The smallest absolute Gasteiger partial charge is 0.157 e. The number of aromatic amines is 1. The van der Waals surface area contributed by atoms with Crippen molar-refractivity contribution in [1.82, 2.24) is 15.0 Å². The number of nitrogens with zero attached hydrogens (tertiary/aromatic N) is 2. The summed E-state index contributed by atoms with van der Waals surface area (Å²) in [5, 5.41) is 0. The van der Waals surface area contributed by atoms with Crippen LogP contribution in [0.25, 0.3) is 11.5 Å². The Morgan fingerprint density at radius 2 is 2.24 bits per heavy atom. The molecular weight excluding hydrogens is 298 g/mol. The predicted octanol–water partition coefficient (Wildman–Crippen LogP) is 3.83. The summed E-state index contributed by atoms with van der Waals surface area (Å²) in [4.78, 5) is 11.9. The van der Waals surface area contributed by atoms with E-state index in [1.807, 2.05) is 19.1 Å². The van der Waals surface area contributed by atoms with E-state index in [9.17, 15) is 0 Å². The van der Waals surface area contributed by atoms with Gasteiger partial charge < -0.3 is 4.98 Å². The molecule has 0 unspecified atom stereocenters. The Balaban J connectivity index is 2.61. The van der Waals surface area contributed by atoms with Crippen LogP contribution in [0.15, 0.2) is 22.8 Å². The van der Waals surface area contributed by atoms with Gasteiger partial charge in [-0.3, -0.25) is 4.98 Å². The Bertz CT molecular complexity index is 607. The first-order valence-electron chi connectivity index (χ1n) is 5.33. The summed E-state index contributed by atoms with van der Waals surface area (Å²) >= 11 is 8.66. The monoisotopic (exact) mass is 309 g/mol. The molecular formula is C12H12BrN3S. The number of hydrogen-bond acceptors (Lipinski definition) is 3. The number of aryl methyl sites for hydroxylation is 2. The van der Waals surface area contributed by atoms with E-state index >= 15 is 0 Å². The zero-order chi connectivity index (χ0) is 12.4. The van der Waals surface area contributed by atoms with E-state index in [1.165, 1.54) is 0 Å². The lowest BCUT2D eigenvalue weighted by molar-refractivity contribution is 0.976. The third-order valence-electron chi connectivity index (χ3n) is 2.45. The van der Waals surface area contributed by atoms with Crippen molar-refractivity contribution in [2.24, 2.45) is 0 Å². The fourth-order valence-electron chi connectivity index (χ4n) is 1.54. The Labute approximate surface area is 113 Å². The molecule has 3 nitrogen and oxygen atoms in total. The number of pyridine rings is 1. The molecule has 0 aliphatic rings. The number of nitrogens with one attached hydrogen (secondary N) is 1. The van der Waals surface area contributed by atoms with Gasteiger partial charge in [-0.25, -0.2) is 4.98 Å². The van der Waals surface area contributed by atoms with Gasteiger partial charge in [-0.15, -0.1) is 0 Å². The normalized spacial score (nSPS) is 10.5. The van der Waals surface area contributed by atoms with E-state index in [-0.39, 0.29) is 0 Å². The Kier molecular flexibility index (Phi) is 3.69. The second-order valence-electron chi connectivity index (χ2n) is 3.76. The van der Waals surface area contributed by atoms with Crippen LogP contribution >= 0.6 is 28.1 Å². The molecule has 0 amide bonds. The van der Waals surface area contributed by atoms with Crippen LogP contribution in [-0.4, -0.2) is 15.0 Å². The van der Waals surface area contributed by atoms with Gasteiger partial charge in [0.05, 0.1) is 4.47 Å². The Morgan fingerprint density at radius 1 is 1.47 bits per heavy atom. The van der Waals surface area contributed by atoms with Crippen molar-refractivity contribution in [1.29, 1.82) is 0 Å². The van der Waals surface area contributed by atoms with E-state index in [4.69, 9.17) is 12.2 Å². The van der Waals surface area contributed by atoms with Crippen molar-refractivity contribution < 1.29 is 0 Å². The summed E-state index contributed by atoms with van der Waals surface area (Å²) in [5.41, 5.74) is 3.01. The van der Waals surface area contributed by atoms with Gasteiger partial charge in [0.1, 0.15) is 10.3 Å². The largest absolute Gasteiger partial charge is 0.341 e. The maximum atomic E-state index is 5.22. The molecule has 88 valence electrons. The number of hydrogen-bond donors (Lipinski definition) is 1. The van der Waals surface area contributed by atoms with Crippen LogP contribution in [0.5, 0.6) is 0 Å². The summed E-state index contributed by atoms with van der Waals surface area (Å²) < 4.78 is 1.44. The standard InChI is InChI=1S/C12H12BrN3S/c1-3-8-10(13)12(17)16-11(15-8)9-6-7(2)4-5-14-9/h4-6H,3H2,1-2H3,(H,15,16,17). The second kappa shape index (κ2) is 5.06. The molecule has 2 aromatic rings. The van der Waals surface area contributed by atoms with Crippen LogP contribution < -0.4 is 0 Å². The summed E-state index contributed by atoms with van der Waals surface area (Å²) in [6, 6.07) is 3.94. The molecule has 1 N–H and O–H groups in total. The third kappa shape index (κ3) is 2.61. The molecule has 2 rings (SSSR count). The summed E-state index contributed by atoms with van der Waals surface area (Å²) in [5.74, 6) is 0.721. The van der Waals surface area contributed by atoms with Gasteiger partial charge in [0.25, 0.3) is 0 Å². The minimum absolute atomic E-state index is 0.568. The van der Waals surface area contributed by atoms with Crippen LogP contribution in [0.4, 0.5) is 0 Å². The topological polar surface area (TPSA) is 41.6 Å². The Hall–Kier alpha value is -1.07. The number of H-pyrrole nitrogens is 1. The quantitative estimate of drug-likeness (QED) is 0.857. The summed E-state index contributed by atoms with van der Waals surface area (Å²) in [6.45, 7) is 4.10. The molecule has 2 heterocycles. The maximum Gasteiger partial charge on any atom is 0.157 e. The van der Waals surface area contributed by atoms with Crippen LogP contribution in [-0.2, 0) is 6.42 Å². The third-order valence-corrected chi connectivity index (χ3v) is 3.86. The van der Waals surface area contributed by atoms with Gasteiger partial charge in [-0.05, 0) is 47.0 Å². The molecule has 0 fully saturated rings. The van der Waals surface area contributed by atoms with E-state index in [0.29, 0.717) is 4.64 Å². The van der Waals surface area contributed by atoms with E-state index < -0.39 is 0 Å². The Morgan fingerprint density at radius 3 is 2.88 bits per heavy atom. The highest BCUT2D eigenvalue weighted by atomic mass is 79.9. The van der Waals surface area contributed by atoms with Crippen LogP contribution in [0.2, 0.25) is 0 Å². The zero-order valence-electron chi connectivity index (χ0n) is 9.62. The molecule has 0 saturated carbocycles. The van der Waals surface area contributed by atoms with Crippen LogP contribution in [0.1, 0.15) is 18.2 Å². The summed E-state index contributed by atoms with van der Waals surface area (Å²) in [6.07, 6.45) is 2.64. The van der Waals surface area contributed by atoms with Gasteiger partial charge in [-0.2, -0.15) is 0 Å². The first-order valence-corrected chi connectivity index (χ1v) is 6.53. The van der Waals surface area contributed by atoms with E-state index in [2.05, 4.69) is 37.8 Å². The zero-order valence-corrected chi connectivity index (χ0v) is 12.0. The van der Waals surface area contributed by atoms with Crippen molar-refractivity contribution in [3.05, 3.63) is 38.7 Å².